The van der Waals surface area contributed by atoms with Crippen molar-refractivity contribution in [3.8, 4) is 0 Å². The van der Waals surface area contributed by atoms with Gasteiger partial charge in [-0.05, 0) is 55.6 Å². The second-order valence-electron chi connectivity index (χ2n) is 4.88. The fourth-order valence-electron chi connectivity index (χ4n) is 2.29. The Balaban J connectivity index is 2.05. The third-order valence-electron chi connectivity index (χ3n) is 3.27. The molecule has 0 bridgehead atoms. The number of rotatable bonds is 7. The van der Waals surface area contributed by atoms with Gasteiger partial charge >= 0.3 is 0 Å². The molecule has 0 aliphatic carbocycles. The van der Waals surface area contributed by atoms with Crippen molar-refractivity contribution in [3.63, 3.8) is 0 Å². The predicted octanol–water partition coefficient (Wildman–Crippen LogP) is 5.07. The molecule has 0 aliphatic rings. The monoisotopic (exact) mass is 327 g/mol. The largest absolute Gasteiger partial charge is 0.317 e. The first-order valence-corrected chi connectivity index (χ1v) is 8.44. The van der Waals surface area contributed by atoms with Crippen LogP contribution in [-0.4, -0.2) is 13.1 Å². The standard InChI is InChI=1S/C16H19Cl2NS/c1-2-19-11-12(10-14-7-8-16(18)20-14)9-13-5-3-4-6-15(13)17/h3-8,12,19H,2,9-11H2,1H3. The van der Waals surface area contributed by atoms with Gasteiger partial charge < -0.3 is 5.32 Å². The van der Waals surface area contributed by atoms with Crippen molar-refractivity contribution in [3.05, 3.63) is 56.2 Å². The average Bonchev–Trinajstić information content (AvgIpc) is 2.84. The Kier molecular flexibility index (Phi) is 6.37. The van der Waals surface area contributed by atoms with Crippen molar-refractivity contribution in [1.82, 2.24) is 5.32 Å². The minimum atomic E-state index is 0.532. The first-order chi connectivity index (χ1) is 9.69. The molecule has 108 valence electrons. The van der Waals surface area contributed by atoms with Crippen LogP contribution < -0.4 is 5.32 Å². The molecule has 0 fully saturated rings. The molecule has 1 N–H and O–H groups in total. The lowest BCUT2D eigenvalue weighted by atomic mass is 9.95. The third kappa shape index (κ3) is 4.78. The van der Waals surface area contributed by atoms with Crippen LogP contribution in [0, 0.1) is 5.92 Å². The molecule has 0 radical (unpaired) electrons. The zero-order valence-corrected chi connectivity index (χ0v) is 13.9. The first-order valence-electron chi connectivity index (χ1n) is 6.87. The molecule has 1 nitrogen and oxygen atoms in total. The van der Waals surface area contributed by atoms with Crippen molar-refractivity contribution in [2.24, 2.45) is 5.92 Å². The summed E-state index contributed by atoms with van der Waals surface area (Å²) in [5.74, 6) is 0.532. The second-order valence-corrected chi connectivity index (χ2v) is 7.09. The van der Waals surface area contributed by atoms with Gasteiger partial charge in [0.2, 0.25) is 0 Å². The van der Waals surface area contributed by atoms with E-state index in [4.69, 9.17) is 23.2 Å². The summed E-state index contributed by atoms with van der Waals surface area (Å²) in [6.45, 7) is 4.12. The molecule has 1 aromatic heterocycles. The average molecular weight is 328 g/mol. The summed E-state index contributed by atoms with van der Waals surface area (Å²) in [4.78, 5) is 1.34. The molecule has 0 amide bonds. The number of hydrogen-bond donors (Lipinski definition) is 1. The summed E-state index contributed by atoms with van der Waals surface area (Å²) in [7, 11) is 0. The van der Waals surface area contributed by atoms with Crippen LogP contribution in [-0.2, 0) is 12.8 Å². The van der Waals surface area contributed by atoms with Gasteiger partial charge in [0.15, 0.2) is 0 Å². The van der Waals surface area contributed by atoms with E-state index in [9.17, 15) is 0 Å². The molecular weight excluding hydrogens is 309 g/mol. The van der Waals surface area contributed by atoms with Gasteiger partial charge in [-0.25, -0.2) is 0 Å². The zero-order valence-electron chi connectivity index (χ0n) is 11.5. The highest BCUT2D eigenvalue weighted by Crippen LogP contribution is 2.26. The van der Waals surface area contributed by atoms with Crippen molar-refractivity contribution < 1.29 is 0 Å². The van der Waals surface area contributed by atoms with Crippen LogP contribution in [0.15, 0.2) is 36.4 Å². The number of halogens is 2. The van der Waals surface area contributed by atoms with E-state index in [2.05, 4.69) is 24.4 Å². The van der Waals surface area contributed by atoms with Gasteiger partial charge in [0.05, 0.1) is 4.34 Å². The van der Waals surface area contributed by atoms with Crippen LogP contribution in [0.3, 0.4) is 0 Å². The van der Waals surface area contributed by atoms with Crippen molar-refractivity contribution in [2.45, 2.75) is 19.8 Å². The smallest absolute Gasteiger partial charge is 0.0931 e. The molecule has 20 heavy (non-hydrogen) atoms. The fourth-order valence-corrected chi connectivity index (χ4v) is 3.70. The van der Waals surface area contributed by atoms with Gasteiger partial charge in [0.25, 0.3) is 0 Å². The maximum absolute atomic E-state index is 6.27. The lowest BCUT2D eigenvalue weighted by molar-refractivity contribution is 0.481. The topological polar surface area (TPSA) is 12.0 Å². The summed E-state index contributed by atoms with van der Waals surface area (Å²) >= 11 is 14.0. The highest BCUT2D eigenvalue weighted by Gasteiger charge is 2.13. The van der Waals surface area contributed by atoms with Crippen molar-refractivity contribution in [1.29, 1.82) is 0 Å². The van der Waals surface area contributed by atoms with Crippen LogP contribution >= 0.6 is 34.5 Å². The zero-order chi connectivity index (χ0) is 14.4. The minimum Gasteiger partial charge on any atom is -0.317 e. The molecule has 1 atom stereocenters. The Morgan fingerprint density at radius 1 is 1.10 bits per heavy atom. The minimum absolute atomic E-state index is 0.532. The van der Waals surface area contributed by atoms with E-state index in [1.165, 1.54) is 10.4 Å². The molecule has 1 heterocycles. The Morgan fingerprint density at radius 2 is 1.90 bits per heavy atom. The number of benzene rings is 1. The molecule has 1 aromatic carbocycles. The molecular formula is C16H19Cl2NS. The van der Waals surface area contributed by atoms with Gasteiger partial charge in [0.1, 0.15) is 0 Å². The van der Waals surface area contributed by atoms with Crippen LogP contribution in [0.25, 0.3) is 0 Å². The van der Waals surface area contributed by atoms with Crippen LogP contribution in [0.5, 0.6) is 0 Å². The highest BCUT2D eigenvalue weighted by molar-refractivity contribution is 7.16. The SMILES string of the molecule is CCNCC(Cc1ccc(Cl)s1)Cc1ccccc1Cl. The summed E-state index contributed by atoms with van der Waals surface area (Å²) < 4.78 is 0.861. The Labute approximate surface area is 134 Å². The van der Waals surface area contributed by atoms with Crippen molar-refractivity contribution >= 4 is 34.5 Å². The first kappa shape index (κ1) is 15.8. The second kappa shape index (κ2) is 8.04. The maximum atomic E-state index is 6.27. The summed E-state index contributed by atoms with van der Waals surface area (Å²) in [5, 5.41) is 4.30. The van der Waals surface area contributed by atoms with E-state index in [0.717, 1.165) is 35.3 Å². The lowest BCUT2D eigenvalue weighted by Crippen LogP contribution is -2.25. The van der Waals surface area contributed by atoms with Gasteiger partial charge in [-0.2, -0.15) is 0 Å². The molecule has 4 heteroatoms. The maximum Gasteiger partial charge on any atom is 0.0931 e. The number of nitrogens with one attached hydrogen (secondary N) is 1. The predicted molar refractivity (Wildman–Crippen MR) is 90.2 cm³/mol. The highest BCUT2D eigenvalue weighted by atomic mass is 35.5. The van der Waals surface area contributed by atoms with Gasteiger partial charge in [0, 0.05) is 9.90 Å². The van der Waals surface area contributed by atoms with Crippen LogP contribution in [0.1, 0.15) is 17.4 Å². The van der Waals surface area contributed by atoms with Gasteiger partial charge in [-0.15, -0.1) is 11.3 Å². The third-order valence-corrected chi connectivity index (χ3v) is 4.89. The van der Waals surface area contributed by atoms with E-state index in [1.807, 2.05) is 24.3 Å². The normalized spacial score (nSPS) is 12.6. The van der Waals surface area contributed by atoms with Crippen LogP contribution in [0.2, 0.25) is 9.36 Å². The van der Waals surface area contributed by atoms with E-state index in [-0.39, 0.29) is 0 Å². The van der Waals surface area contributed by atoms with E-state index in [0.29, 0.717) is 5.92 Å². The summed E-state index contributed by atoms with van der Waals surface area (Å²) in [5.41, 5.74) is 1.22. The molecule has 2 aromatic rings. The Morgan fingerprint density at radius 3 is 2.55 bits per heavy atom. The van der Waals surface area contributed by atoms with Gasteiger partial charge in [-0.3, -0.25) is 0 Å². The molecule has 0 saturated heterocycles. The van der Waals surface area contributed by atoms with E-state index >= 15 is 0 Å². The number of hydrogen-bond acceptors (Lipinski definition) is 2. The van der Waals surface area contributed by atoms with E-state index < -0.39 is 0 Å². The van der Waals surface area contributed by atoms with E-state index in [1.54, 1.807) is 11.3 Å². The van der Waals surface area contributed by atoms with Crippen LogP contribution in [0.4, 0.5) is 0 Å². The molecule has 0 spiro atoms. The quantitative estimate of drug-likeness (QED) is 0.748. The summed E-state index contributed by atoms with van der Waals surface area (Å²) in [6, 6.07) is 12.2. The number of thiophene rings is 1. The lowest BCUT2D eigenvalue weighted by Gasteiger charge is -2.17. The molecule has 2 rings (SSSR count). The Bertz CT molecular complexity index is 539. The molecule has 0 saturated carbocycles. The molecule has 0 aliphatic heterocycles. The summed E-state index contributed by atoms with van der Waals surface area (Å²) in [6.07, 6.45) is 2.03. The van der Waals surface area contributed by atoms with Gasteiger partial charge in [-0.1, -0.05) is 48.3 Å². The molecule has 1 unspecified atom stereocenters. The van der Waals surface area contributed by atoms with Crippen molar-refractivity contribution in [2.75, 3.05) is 13.1 Å². The fraction of sp³-hybridized carbons (Fsp3) is 0.375. The Hall–Kier alpha value is -0.540.